The first kappa shape index (κ1) is 26.3. The van der Waals surface area contributed by atoms with Gasteiger partial charge in [0.25, 0.3) is 5.91 Å². The molecule has 0 unspecified atom stereocenters. The summed E-state index contributed by atoms with van der Waals surface area (Å²) in [6.45, 7) is 8.09. The van der Waals surface area contributed by atoms with Gasteiger partial charge in [-0.2, -0.15) is 0 Å². The molecule has 3 heterocycles. The highest BCUT2D eigenvalue weighted by molar-refractivity contribution is 7.09. The standard InChI is InChI=1S/C27H30ClN5O4S/c1-18(2)33(27(35)29-21-5-3-4-20(28)13-21)15-25-30-22(16-38-25)26(34)32-10-8-31(9-11-32)14-19-6-7-23-24(12-19)37-17-36-23/h3-7,12-13,16,18H,8-11,14-15,17H2,1-2H3,(H,29,35). The van der Waals surface area contributed by atoms with Crippen LogP contribution in [0.3, 0.4) is 0 Å². The van der Waals surface area contributed by atoms with Crippen LogP contribution in [0, 0.1) is 0 Å². The Hall–Kier alpha value is -3.34. The van der Waals surface area contributed by atoms with Crippen molar-refractivity contribution in [2.45, 2.75) is 33.0 Å². The highest BCUT2D eigenvalue weighted by Gasteiger charge is 2.26. The summed E-state index contributed by atoms with van der Waals surface area (Å²) < 4.78 is 10.9. The number of benzene rings is 2. The van der Waals surface area contributed by atoms with Gasteiger partial charge >= 0.3 is 6.03 Å². The van der Waals surface area contributed by atoms with Gasteiger partial charge in [-0.25, -0.2) is 9.78 Å². The van der Waals surface area contributed by atoms with Gasteiger partial charge in [-0.15, -0.1) is 11.3 Å². The molecule has 1 N–H and O–H groups in total. The van der Waals surface area contributed by atoms with Crippen molar-refractivity contribution in [3.05, 3.63) is 69.1 Å². The predicted molar refractivity (Wildman–Crippen MR) is 147 cm³/mol. The van der Waals surface area contributed by atoms with Crippen LogP contribution in [0.2, 0.25) is 5.02 Å². The molecule has 38 heavy (non-hydrogen) atoms. The van der Waals surface area contributed by atoms with Gasteiger partial charge in [0.1, 0.15) is 10.7 Å². The van der Waals surface area contributed by atoms with E-state index in [2.05, 4.69) is 21.3 Å². The minimum Gasteiger partial charge on any atom is -0.454 e. The third-order valence-corrected chi connectivity index (χ3v) is 7.61. The van der Waals surface area contributed by atoms with E-state index < -0.39 is 0 Å². The van der Waals surface area contributed by atoms with E-state index in [1.807, 2.05) is 30.9 Å². The molecule has 3 amide bonds. The third-order valence-electron chi connectivity index (χ3n) is 6.54. The van der Waals surface area contributed by atoms with Crippen LogP contribution in [0.1, 0.15) is 34.9 Å². The first-order chi connectivity index (χ1) is 18.4. The van der Waals surface area contributed by atoms with Gasteiger partial charge in [0.15, 0.2) is 11.5 Å². The summed E-state index contributed by atoms with van der Waals surface area (Å²) in [4.78, 5) is 36.5. The minimum atomic E-state index is -0.246. The Morgan fingerprint density at radius 1 is 1.11 bits per heavy atom. The summed E-state index contributed by atoms with van der Waals surface area (Å²) in [5, 5.41) is 5.93. The average molecular weight is 556 g/mol. The second kappa shape index (κ2) is 11.6. The van der Waals surface area contributed by atoms with E-state index in [1.165, 1.54) is 11.3 Å². The number of nitrogens with zero attached hydrogens (tertiary/aromatic N) is 4. The Morgan fingerprint density at radius 2 is 1.89 bits per heavy atom. The van der Waals surface area contributed by atoms with Crippen molar-refractivity contribution in [2.75, 3.05) is 38.3 Å². The number of nitrogens with one attached hydrogen (secondary N) is 1. The number of hydrogen-bond donors (Lipinski definition) is 1. The summed E-state index contributed by atoms with van der Waals surface area (Å²) in [5.74, 6) is 1.49. The van der Waals surface area contributed by atoms with Gasteiger partial charge in [-0.3, -0.25) is 9.69 Å². The smallest absolute Gasteiger partial charge is 0.322 e. The molecule has 3 aromatic rings. The zero-order chi connectivity index (χ0) is 26.6. The zero-order valence-corrected chi connectivity index (χ0v) is 22.9. The molecular formula is C27H30ClN5O4S. The Kier molecular flexibility index (Phi) is 8.01. The lowest BCUT2D eigenvalue weighted by Crippen LogP contribution is -2.48. The Labute approximate surface area is 230 Å². The van der Waals surface area contributed by atoms with Gasteiger partial charge in [-0.05, 0) is 49.7 Å². The van der Waals surface area contributed by atoms with E-state index in [-0.39, 0.29) is 24.8 Å². The van der Waals surface area contributed by atoms with Gasteiger partial charge in [0.05, 0.1) is 6.54 Å². The summed E-state index contributed by atoms with van der Waals surface area (Å²) >= 11 is 7.43. The molecule has 1 saturated heterocycles. The fraction of sp³-hybridized carbons (Fsp3) is 0.370. The van der Waals surface area contributed by atoms with Gasteiger partial charge in [0, 0.05) is 54.9 Å². The molecule has 0 aliphatic carbocycles. The number of piperazine rings is 1. The van der Waals surface area contributed by atoms with Gasteiger partial charge < -0.3 is 24.6 Å². The summed E-state index contributed by atoms with van der Waals surface area (Å²) in [6, 6.07) is 12.7. The maximum absolute atomic E-state index is 13.1. The van der Waals surface area contributed by atoms with Crippen LogP contribution in [0.4, 0.5) is 10.5 Å². The molecule has 1 fully saturated rings. The number of aromatic nitrogens is 1. The number of urea groups is 1. The van der Waals surface area contributed by atoms with Crippen molar-refractivity contribution in [1.82, 2.24) is 19.7 Å². The molecule has 200 valence electrons. The van der Waals surface area contributed by atoms with Crippen molar-refractivity contribution in [3.63, 3.8) is 0 Å². The molecule has 2 aliphatic heterocycles. The molecule has 0 saturated carbocycles. The van der Waals surface area contributed by atoms with Crippen LogP contribution >= 0.6 is 22.9 Å². The maximum atomic E-state index is 13.1. The van der Waals surface area contributed by atoms with Crippen molar-refractivity contribution in [3.8, 4) is 11.5 Å². The fourth-order valence-corrected chi connectivity index (χ4v) is 5.40. The van der Waals surface area contributed by atoms with Crippen LogP contribution in [0.5, 0.6) is 11.5 Å². The number of halogens is 1. The predicted octanol–water partition coefficient (Wildman–Crippen LogP) is 4.93. The molecule has 0 bridgehead atoms. The van der Waals surface area contributed by atoms with E-state index in [1.54, 1.807) is 34.5 Å². The molecule has 0 spiro atoms. The van der Waals surface area contributed by atoms with Gasteiger partial charge in [0.2, 0.25) is 6.79 Å². The quantitative estimate of drug-likeness (QED) is 0.445. The molecule has 0 radical (unpaired) electrons. The normalized spacial score (nSPS) is 15.1. The molecule has 9 nitrogen and oxygen atoms in total. The van der Waals surface area contributed by atoms with Crippen LogP contribution in [0.15, 0.2) is 47.8 Å². The van der Waals surface area contributed by atoms with Crippen molar-refractivity contribution in [1.29, 1.82) is 0 Å². The number of carbonyl (C=O) groups is 2. The lowest BCUT2D eigenvalue weighted by molar-refractivity contribution is 0.0623. The van der Waals surface area contributed by atoms with Crippen LogP contribution in [-0.2, 0) is 13.1 Å². The fourth-order valence-electron chi connectivity index (χ4n) is 4.45. The van der Waals surface area contributed by atoms with E-state index in [0.717, 1.165) is 36.7 Å². The number of fused-ring (bicyclic) bond motifs is 1. The van der Waals surface area contributed by atoms with Crippen LogP contribution < -0.4 is 14.8 Å². The second-order valence-electron chi connectivity index (χ2n) is 9.54. The number of anilines is 1. The second-order valence-corrected chi connectivity index (χ2v) is 10.9. The average Bonchev–Trinajstić information content (AvgIpc) is 3.56. The first-order valence-electron chi connectivity index (χ1n) is 12.5. The van der Waals surface area contributed by atoms with E-state index in [4.69, 9.17) is 21.1 Å². The topological polar surface area (TPSA) is 87.2 Å². The number of ether oxygens (including phenoxy) is 2. The number of amides is 3. The van der Waals surface area contributed by atoms with Crippen LogP contribution in [-0.4, -0.2) is 70.6 Å². The molecule has 11 heteroatoms. The maximum Gasteiger partial charge on any atom is 0.322 e. The number of hydrogen-bond acceptors (Lipinski definition) is 7. The lowest BCUT2D eigenvalue weighted by Gasteiger charge is -2.34. The monoisotopic (exact) mass is 555 g/mol. The first-order valence-corrected chi connectivity index (χ1v) is 13.8. The van der Waals surface area contributed by atoms with Crippen molar-refractivity contribution < 1.29 is 19.1 Å². The van der Waals surface area contributed by atoms with Crippen molar-refractivity contribution >= 4 is 40.6 Å². The lowest BCUT2D eigenvalue weighted by atomic mass is 10.1. The summed E-state index contributed by atoms with van der Waals surface area (Å²) in [5.41, 5.74) is 2.21. The Morgan fingerprint density at radius 3 is 2.66 bits per heavy atom. The van der Waals surface area contributed by atoms with Gasteiger partial charge in [-0.1, -0.05) is 23.7 Å². The number of carbonyl (C=O) groups excluding carboxylic acids is 2. The molecule has 0 atom stereocenters. The summed E-state index contributed by atoms with van der Waals surface area (Å²) in [6.07, 6.45) is 0. The summed E-state index contributed by atoms with van der Waals surface area (Å²) in [7, 11) is 0. The number of thiazole rings is 1. The minimum absolute atomic E-state index is 0.0601. The zero-order valence-electron chi connectivity index (χ0n) is 21.4. The number of rotatable bonds is 7. The Balaban J connectivity index is 1.14. The molecular weight excluding hydrogens is 526 g/mol. The highest BCUT2D eigenvalue weighted by Crippen LogP contribution is 2.33. The largest absolute Gasteiger partial charge is 0.454 e. The van der Waals surface area contributed by atoms with E-state index in [9.17, 15) is 9.59 Å². The molecule has 2 aromatic carbocycles. The van der Waals surface area contributed by atoms with Crippen LogP contribution in [0.25, 0.3) is 0 Å². The van der Waals surface area contributed by atoms with E-state index in [0.29, 0.717) is 41.0 Å². The molecule has 2 aliphatic rings. The SMILES string of the molecule is CC(C)N(Cc1nc(C(=O)N2CCN(Cc3ccc4c(c3)OCO4)CC2)cs1)C(=O)Nc1cccc(Cl)c1. The Bertz CT molecular complexity index is 1310. The highest BCUT2D eigenvalue weighted by atomic mass is 35.5. The molecule has 5 rings (SSSR count). The third kappa shape index (κ3) is 6.20. The van der Waals surface area contributed by atoms with E-state index >= 15 is 0 Å². The van der Waals surface area contributed by atoms with Crippen molar-refractivity contribution in [2.24, 2.45) is 0 Å². The molecule has 1 aromatic heterocycles.